The minimum Gasteiger partial charge on any atom is -0.472 e. The van der Waals surface area contributed by atoms with Gasteiger partial charge in [0.15, 0.2) is 0 Å². The van der Waals surface area contributed by atoms with Gasteiger partial charge in [0.25, 0.3) is 5.69 Å². The lowest BCUT2D eigenvalue weighted by Gasteiger charge is -2.30. The molecule has 0 aliphatic carbocycles. The molecule has 3 heterocycles. The number of aryl methyl sites for hydroxylation is 1. The van der Waals surface area contributed by atoms with E-state index in [2.05, 4.69) is 21.7 Å². The van der Waals surface area contributed by atoms with Gasteiger partial charge in [0.2, 0.25) is 0 Å². The molecule has 0 amide bonds. The summed E-state index contributed by atoms with van der Waals surface area (Å²) in [6, 6.07) is 13.1. The van der Waals surface area contributed by atoms with E-state index < -0.39 is 0 Å². The summed E-state index contributed by atoms with van der Waals surface area (Å²) in [5.74, 6) is 0. The normalized spacial score (nSPS) is 17.8. The van der Waals surface area contributed by atoms with Crippen molar-refractivity contribution in [2.45, 2.75) is 25.6 Å². The van der Waals surface area contributed by atoms with Crippen molar-refractivity contribution in [3.63, 3.8) is 0 Å². The van der Waals surface area contributed by atoms with Crippen LogP contribution in [0, 0.1) is 10.1 Å². The summed E-state index contributed by atoms with van der Waals surface area (Å²) in [4.78, 5) is 13.2. The Morgan fingerprint density at radius 1 is 1.20 bits per heavy atom. The molecule has 1 aromatic carbocycles. The molecule has 0 fully saturated rings. The van der Waals surface area contributed by atoms with Gasteiger partial charge in [0.1, 0.15) is 0 Å². The zero-order chi connectivity index (χ0) is 17.2. The van der Waals surface area contributed by atoms with Crippen LogP contribution >= 0.6 is 0 Å². The molecular formula is C19H19N3O3. The summed E-state index contributed by atoms with van der Waals surface area (Å²) in [6.07, 6.45) is 6.55. The van der Waals surface area contributed by atoms with Gasteiger partial charge < -0.3 is 8.98 Å². The van der Waals surface area contributed by atoms with Gasteiger partial charge in [-0.05, 0) is 30.2 Å². The smallest absolute Gasteiger partial charge is 0.269 e. The molecule has 0 radical (unpaired) electrons. The Morgan fingerprint density at radius 2 is 2.12 bits per heavy atom. The number of non-ortho nitro benzene ring substituents is 1. The highest BCUT2D eigenvalue weighted by atomic mass is 16.6. The van der Waals surface area contributed by atoms with E-state index in [1.54, 1.807) is 30.7 Å². The molecule has 1 atom stereocenters. The summed E-state index contributed by atoms with van der Waals surface area (Å²) in [5.41, 5.74) is 3.35. The Kier molecular flexibility index (Phi) is 4.11. The second-order valence-corrected chi connectivity index (χ2v) is 6.34. The van der Waals surface area contributed by atoms with E-state index in [0.29, 0.717) is 0 Å². The van der Waals surface area contributed by atoms with Crippen molar-refractivity contribution in [3.8, 4) is 0 Å². The molecule has 0 N–H and O–H groups in total. The molecule has 1 aliphatic heterocycles. The molecule has 3 aromatic rings. The number of fused-ring (bicyclic) bond motifs is 1. The van der Waals surface area contributed by atoms with Crippen LogP contribution in [0.25, 0.3) is 0 Å². The Balaban J connectivity index is 1.78. The predicted octanol–water partition coefficient (Wildman–Crippen LogP) is 3.98. The van der Waals surface area contributed by atoms with Gasteiger partial charge in [0.05, 0.1) is 23.5 Å². The maximum atomic E-state index is 11.2. The maximum absolute atomic E-state index is 11.2. The van der Waals surface area contributed by atoms with Crippen molar-refractivity contribution in [1.29, 1.82) is 0 Å². The lowest BCUT2D eigenvalue weighted by atomic mass is 10.0. The van der Waals surface area contributed by atoms with Gasteiger partial charge in [-0.3, -0.25) is 15.0 Å². The monoisotopic (exact) mass is 337 g/mol. The molecule has 0 spiro atoms. The molecule has 0 saturated heterocycles. The number of furan rings is 1. The summed E-state index contributed by atoms with van der Waals surface area (Å²) >= 11 is 0. The highest BCUT2D eigenvalue weighted by Gasteiger charge is 2.28. The third-order valence-corrected chi connectivity index (χ3v) is 4.72. The van der Waals surface area contributed by atoms with Crippen LogP contribution in [-0.2, 0) is 13.1 Å². The molecule has 1 aliphatic rings. The fourth-order valence-electron chi connectivity index (χ4n) is 3.62. The highest BCUT2D eigenvalue weighted by molar-refractivity contribution is 5.39. The summed E-state index contributed by atoms with van der Waals surface area (Å²) < 4.78 is 7.46. The maximum Gasteiger partial charge on any atom is 0.269 e. The van der Waals surface area contributed by atoms with Crippen molar-refractivity contribution >= 4 is 5.69 Å². The van der Waals surface area contributed by atoms with Crippen LogP contribution in [0.3, 0.4) is 0 Å². The van der Waals surface area contributed by atoms with Crippen molar-refractivity contribution in [1.82, 2.24) is 9.47 Å². The van der Waals surface area contributed by atoms with Crippen molar-refractivity contribution in [2.75, 3.05) is 6.54 Å². The number of aromatic nitrogens is 1. The quantitative estimate of drug-likeness (QED) is 0.533. The average molecular weight is 337 g/mol. The molecule has 6 heteroatoms. The third kappa shape index (κ3) is 3.08. The van der Waals surface area contributed by atoms with Crippen molar-refractivity contribution in [3.05, 3.63) is 88.1 Å². The number of nitrogens with zero attached hydrogens (tertiary/aromatic N) is 3. The zero-order valence-electron chi connectivity index (χ0n) is 13.7. The number of hydrogen-bond acceptors (Lipinski definition) is 4. The number of nitro benzene ring substituents is 1. The molecule has 2 aromatic heterocycles. The summed E-state index contributed by atoms with van der Waals surface area (Å²) in [7, 11) is 0. The second kappa shape index (κ2) is 6.57. The fourth-order valence-corrected chi connectivity index (χ4v) is 3.62. The van der Waals surface area contributed by atoms with Gasteiger partial charge in [-0.15, -0.1) is 0 Å². The number of benzene rings is 1. The average Bonchev–Trinajstić information content (AvgIpc) is 3.25. The molecule has 4 rings (SSSR count). The zero-order valence-corrected chi connectivity index (χ0v) is 13.7. The molecule has 128 valence electrons. The van der Waals surface area contributed by atoms with Gasteiger partial charge in [0, 0.05) is 49.2 Å². The first-order valence-corrected chi connectivity index (χ1v) is 8.37. The van der Waals surface area contributed by atoms with Crippen LogP contribution in [-0.4, -0.2) is 20.9 Å². The van der Waals surface area contributed by atoms with E-state index in [-0.39, 0.29) is 16.7 Å². The van der Waals surface area contributed by atoms with Crippen LogP contribution in [0.2, 0.25) is 0 Å². The van der Waals surface area contributed by atoms with Crippen LogP contribution < -0.4 is 0 Å². The van der Waals surface area contributed by atoms with E-state index in [0.717, 1.165) is 37.2 Å². The molecule has 25 heavy (non-hydrogen) atoms. The van der Waals surface area contributed by atoms with Crippen LogP contribution in [0.4, 0.5) is 5.69 Å². The second-order valence-electron chi connectivity index (χ2n) is 6.34. The number of hydrogen-bond donors (Lipinski definition) is 0. The van der Waals surface area contributed by atoms with Gasteiger partial charge in [-0.1, -0.05) is 12.1 Å². The van der Waals surface area contributed by atoms with Crippen molar-refractivity contribution < 1.29 is 9.34 Å². The third-order valence-electron chi connectivity index (χ3n) is 4.72. The number of rotatable bonds is 4. The van der Waals surface area contributed by atoms with Gasteiger partial charge >= 0.3 is 0 Å². The molecule has 0 bridgehead atoms. The largest absolute Gasteiger partial charge is 0.472 e. The van der Waals surface area contributed by atoms with E-state index in [4.69, 9.17) is 4.42 Å². The first-order chi connectivity index (χ1) is 12.2. The first-order valence-electron chi connectivity index (χ1n) is 8.37. The lowest BCUT2D eigenvalue weighted by Crippen LogP contribution is -2.29. The molecule has 0 saturated carbocycles. The Labute approximate surface area is 145 Å². The first kappa shape index (κ1) is 15.7. The summed E-state index contributed by atoms with van der Waals surface area (Å²) in [6.45, 7) is 2.62. The van der Waals surface area contributed by atoms with Crippen LogP contribution in [0.1, 0.15) is 29.3 Å². The minimum absolute atomic E-state index is 0.0210. The van der Waals surface area contributed by atoms with Crippen LogP contribution in [0.15, 0.2) is 65.6 Å². The SMILES string of the molecule is O=[N+]([O-])c1cccc(C2c3cccn3CCCN2Cc2ccoc2)c1. The van der Waals surface area contributed by atoms with E-state index in [1.165, 1.54) is 5.69 Å². The van der Waals surface area contributed by atoms with Crippen molar-refractivity contribution in [2.24, 2.45) is 0 Å². The topological polar surface area (TPSA) is 64.5 Å². The van der Waals surface area contributed by atoms with E-state index in [9.17, 15) is 10.1 Å². The Hall–Kier alpha value is -2.86. The molecule has 1 unspecified atom stereocenters. The minimum atomic E-state index is -0.334. The lowest BCUT2D eigenvalue weighted by molar-refractivity contribution is -0.384. The molecule has 6 nitrogen and oxygen atoms in total. The van der Waals surface area contributed by atoms with E-state index >= 15 is 0 Å². The standard InChI is InChI=1S/C19H19N3O3/c23-22(24)17-5-1-4-16(12-17)19-18-6-2-8-20(18)9-3-10-21(19)13-15-7-11-25-14-15/h1-2,4-8,11-12,14,19H,3,9-10,13H2. The highest BCUT2D eigenvalue weighted by Crippen LogP contribution is 2.34. The fraction of sp³-hybridized carbons (Fsp3) is 0.263. The van der Waals surface area contributed by atoms with Gasteiger partial charge in [-0.2, -0.15) is 0 Å². The van der Waals surface area contributed by atoms with E-state index in [1.807, 2.05) is 18.2 Å². The predicted molar refractivity (Wildman–Crippen MR) is 93.1 cm³/mol. The number of nitro groups is 1. The molecular weight excluding hydrogens is 318 g/mol. The summed E-state index contributed by atoms with van der Waals surface area (Å²) in [5, 5.41) is 11.2. The Bertz CT molecular complexity index is 870. The van der Waals surface area contributed by atoms with Gasteiger partial charge in [-0.25, -0.2) is 0 Å². The van der Waals surface area contributed by atoms with Crippen LogP contribution in [0.5, 0.6) is 0 Å². The Morgan fingerprint density at radius 3 is 2.92 bits per heavy atom.